The van der Waals surface area contributed by atoms with Gasteiger partial charge in [-0.1, -0.05) is 74.2 Å². The average molecular weight is 851 g/mol. The predicted octanol–water partition coefficient (Wildman–Crippen LogP) is 12.7. The number of pyridine rings is 2. The summed E-state index contributed by atoms with van der Waals surface area (Å²) in [6.07, 6.45) is 2.09. The second kappa shape index (κ2) is 14.4. The molecule has 0 spiro atoms. The number of benzene rings is 4. The second-order valence-corrected chi connectivity index (χ2v) is 15.0. The predicted molar refractivity (Wildman–Crippen MR) is 207 cm³/mol. The van der Waals surface area contributed by atoms with Crippen molar-refractivity contribution < 1.29 is 27.3 Å². The van der Waals surface area contributed by atoms with E-state index in [4.69, 9.17) is 9.40 Å². The fourth-order valence-electron chi connectivity index (χ4n) is 6.35. The number of nitrogens with zero attached hydrogens (tertiary/aromatic N) is 2. The third-order valence-corrected chi connectivity index (χ3v) is 9.55. The van der Waals surface area contributed by atoms with Crippen LogP contribution in [0, 0.1) is 45.2 Å². The molecule has 4 aromatic heterocycles. The molecule has 0 atom stereocenters. The largest absolute Gasteiger partial charge is 0.500 e. The van der Waals surface area contributed by atoms with Crippen LogP contribution in [0.3, 0.4) is 0 Å². The van der Waals surface area contributed by atoms with Crippen molar-refractivity contribution in [1.29, 1.82) is 0 Å². The van der Waals surface area contributed by atoms with E-state index in [-0.39, 0.29) is 20.1 Å². The zero-order chi connectivity index (χ0) is 36.1. The number of hydrogen-bond acceptors (Lipinski definition) is 4. The van der Waals surface area contributed by atoms with Crippen molar-refractivity contribution in [3.8, 4) is 33.6 Å². The molecule has 8 rings (SSSR count). The molecule has 0 aliphatic rings. The summed E-state index contributed by atoms with van der Waals surface area (Å²) in [6, 6.07) is 37.0. The Labute approximate surface area is 315 Å². The van der Waals surface area contributed by atoms with Gasteiger partial charge in [-0.25, -0.2) is 0 Å². The van der Waals surface area contributed by atoms with Gasteiger partial charge in [-0.3, -0.25) is 0 Å². The summed E-state index contributed by atoms with van der Waals surface area (Å²) in [7, 11) is 0. The van der Waals surface area contributed by atoms with Gasteiger partial charge in [0.15, 0.2) is 0 Å². The molecule has 5 heteroatoms. The Bertz CT molecular complexity index is 2510. The van der Waals surface area contributed by atoms with Crippen LogP contribution in [-0.4, -0.2) is 9.97 Å². The molecule has 0 unspecified atom stereocenters. The number of thiophene rings is 1. The van der Waals surface area contributed by atoms with Gasteiger partial charge in [0.25, 0.3) is 0 Å². The van der Waals surface area contributed by atoms with E-state index >= 15 is 0 Å². The molecular weight excluding hydrogens is 809 g/mol. The van der Waals surface area contributed by atoms with Crippen LogP contribution in [0.25, 0.3) is 65.7 Å². The molecule has 0 saturated carbocycles. The van der Waals surface area contributed by atoms with E-state index in [2.05, 4.69) is 74.3 Å². The van der Waals surface area contributed by atoms with Gasteiger partial charge in [0.05, 0.1) is 5.58 Å². The molecular formula is C45H40IrN2OS-2. The Kier molecular flexibility index (Phi) is 9.47. The standard InChI is InChI=1S/C33H30NOS.C12H10N.Ir/c1-19-9-7-10-20(2)30(19)27-18-34-28(16-22(27)17-33(4,5)6)25-12-8-11-23-24-13-14-29-26(15-21(3)36-29)32(24)35-31(23)25;1-10-7-8-12(13-9-10)11-5-3-2-4-6-11;/h7-11,13-16,18H,17H2,1-6H3;2-5,7-9H,1H3;/q2*-1;/i17D2;;. The number of aromatic nitrogens is 2. The fraction of sp³-hybridized carbons (Fsp3) is 0.200. The molecule has 0 amide bonds. The Balaban J connectivity index is 0.000000279. The maximum atomic E-state index is 9.26. The molecule has 0 saturated heterocycles. The van der Waals surface area contributed by atoms with Crippen LogP contribution >= 0.6 is 11.3 Å². The van der Waals surface area contributed by atoms with Crippen LogP contribution < -0.4 is 0 Å². The van der Waals surface area contributed by atoms with E-state index in [1.54, 1.807) is 11.3 Å². The summed E-state index contributed by atoms with van der Waals surface area (Å²) in [5.74, 6) is 0. The van der Waals surface area contributed by atoms with Gasteiger partial charge in [0, 0.05) is 61.2 Å². The average Bonchev–Trinajstić information content (AvgIpc) is 3.69. The van der Waals surface area contributed by atoms with Crippen LogP contribution in [0.5, 0.6) is 0 Å². The van der Waals surface area contributed by atoms with Gasteiger partial charge in [0.1, 0.15) is 5.58 Å². The van der Waals surface area contributed by atoms with Crippen molar-refractivity contribution in [1.82, 2.24) is 9.97 Å². The van der Waals surface area contributed by atoms with Crippen LogP contribution in [0.4, 0.5) is 0 Å². The third kappa shape index (κ3) is 7.23. The van der Waals surface area contributed by atoms with Crippen molar-refractivity contribution in [2.24, 2.45) is 5.41 Å². The molecule has 0 N–H and O–H groups in total. The summed E-state index contributed by atoms with van der Waals surface area (Å²) in [5.41, 5.74) is 10.3. The molecule has 4 aromatic carbocycles. The topological polar surface area (TPSA) is 38.9 Å². The monoisotopic (exact) mass is 851 g/mol. The second-order valence-electron chi connectivity index (χ2n) is 13.7. The summed E-state index contributed by atoms with van der Waals surface area (Å²) < 4.78 is 26.3. The zero-order valence-corrected chi connectivity index (χ0v) is 32.6. The Morgan fingerprint density at radius 3 is 2.20 bits per heavy atom. The van der Waals surface area contributed by atoms with Crippen molar-refractivity contribution in [3.05, 3.63) is 143 Å². The van der Waals surface area contributed by atoms with E-state index in [1.165, 1.54) is 15.1 Å². The number of furan rings is 1. The molecule has 3 nitrogen and oxygen atoms in total. The number of rotatable bonds is 4. The van der Waals surface area contributed by atoms with E-state index < -0.39 is 11.8 Å². The Hall–Kier alpha value is -4.41. The Morgan fingerprint density at radius 2 is 1.50 bits per heavy atom. The summed E-state index contributed by atoms with van der Waals surface area (Å²) in [4.78, 5) is 10.5. The number of aryl methyl sites for hydroxylation is 4. The van der Waals surface area contributed by atoms with Crippen molar-refractivity contribution in [2.75, 3.05) is 0 Å². The SMILES string of the molecule is Cc1ccc(-c2[c-]cccc2)nc1.[2H]C([2H])(c1cc(-c2[c-]ccc3c2oc2c4cc(C)sc4ccc32)ncc1-c1c(C)cccc1C)C(C)(C)C.[Ir]. The summed E-state index contributed by atoms with van der Waals surface area (Å²) >= 11 is 1.76. The molecule has 0 bridgehead atoms. The fourth-order valence-corrected chi connectivity index (χ4v) is 7.27. The van der Waals surface area contributed by atoms with Crippen molar-refractivity contribution in [2.45, 2.75) is 54.8 Å². The van der Waals surface area contributed by atoms with E-state index in [1.807, 2.05) is 94.7 Å². The van der Waals surface area contributed by atoms with E-state index in [0.717, 1.165) is 66.4 Å². The normalized spacial score (nSPS) is 12.3. The van der Waals surface area contributed by atoms with Crippen LogP contribution in [0.2, 0.25) is 0 Å². The van der Waals surface area contributed by atoms with Gasteiger partial charge in [0.2, 0.25) is 0 Å². The molecule has 1 radical (unpaired) electrons. The summed E-state index contributed by atoms with van der Waals surface area (Å²) in [5, 5.41) is 3.20. The molecule has 8 aromatic rings. The zero-order valence-electron chi connectivity index (χ0n) is 31.4. The first-order chi connectivity index (χ1) is 24.3. The Morgan fingerprint density at radius 1 is 0.740 bits per heavy atom. The minimum Gasteiger partial charge on any atom is -0.500 e. The van der Waals surface area contributed by atoms with Gasteiger partial charge in [-0.15, -0.1) is 65.4 Å². The number of hydrogen-bond donors (Lipinski definition) is 0. The summed E-state index contributed by atoms with van der Waals surface area (Å²) in [6.45, 7) is 14.1. The minimum atomic E-state index is -1.61. The molecule has 253 valence electrons. The quantitative estimate of drug-likeness (QED) is 0.166. The van der Waals surface area contributed by atoms with Crippen LogP contribution in [0.1, 0.15) is 50.6 Å². The van der Waals surface area contributed by atoms with Gasteiger partial charge in [-0.2, -0.15) is 0 Å². The first-order valence-corrected chi connectivity index (χ1v) is 17.4. The molecule has 50 heavy (non-hydrogen) atoms. The molecule has 0 fully saturated rings. The first-order valence-electron chi connectivity index (χ1n) is 17.6. The van der Waals surface area contributed by atoms with Gasteiger partial charge >= 0.3 is 0 Å². The first kappa shape index (κ1) is 32.8. The number of fused-ring (bicyclic) bond motifs is 5. The maximum absolute atomic E-state index is 9.26. The van der Waals surface area contributed by atoms with Crippen molar-refractivity contribution in [3.63, 3.8) is 0 Å². The van der Waals surface area contributed by atoms with Crippen molar-refractivity contribution >= 4 is 43.4 Å². The van der Waals surface area contributed by atoms with Gasteiger partial charge in [-0.05, 0) is 90.8 Å². The van der Waals surface area contributed by atoms with Crippen LogP contribution in [0.15, 0.2) is 108 Å². The molecule has 4 heterocycles. The van der Waals surface area contributed by atoms with Crippen LogP contribution in [-0.2, 0) is 26.5 Å². The van der Waals surface area contributed by atoms with E-state index in [0.29, 0.717) is 11.3 Å². The third-order valence-electron chi connectivity index (χ3n) is 8.53. The smallest absolute Gasteiger partial charge is 0.129 e. The van der Waals surface area contributed by atoms with E-state index in [9.17, 15) is 2.74 Å². The minimum absolute atomic E-state index is 0. The molecule has 0 aliphatic carbocycles. The van der Waals surface area contributed by atoms with Gasteiger partial charge < -0.3 is 14.4 Å². The molecule has 0 aliphatic heterocycles. The maximum Gasteiger partial charge on any atom is 0.129 e.